The number of aryl methyl sites for hydroxylation is 1. The molecule has 1 heterocycles. The molecule has 1 heteroatoms. The molecule has 234 valence electrons. The van der Waals surface area contributed by atoms with E-state index in [0.717, 1.165) is 34.8 Å². The van der Waals surface area contributed by atoms with Crippen molar-refractivity contribution in [2.75, 3.05) is 0 Å². The molecule has 0 aliphatic heterocycles. The topological polar surface area (TPSA) is 13.1 Å². The minimum Gasteiger partial charge on any atom is -0.456 e. The smallest absolute Gasteiger partial charge is 0.135 e. The van der Waals surface area contributed by atoms with Crippen LogP contribution in [0.5, 0.6) is 0 Å². The second-order valence-corrected chi connectivity index (χ2v) is 14.4. The van der Waals surface area contributed by atoms with E-state index in [2.05, 4.69) is 153 Å². The van der Waals surface area contributed by atoms with E-state index < -0.39 is 0 Å². The summed E-state index contributed by atoms with van der Waals surface area (Å²) in [5.74, 6) is 0.351. The lowest BCUT2D eigenvalue weighted by Crippen LogP contribution is -2.15. The highest BCUT2D eigenvalue weighted by Crippen LogP contribution is 2.52. The van der Waals surface area contributed by atoms with E-state index in [9.17, 15) is 0 Å². The maximum atomic E-state index is 6.05. The Hall–Kier alpha value is -5.66. The van der Waals surface area contributed by atoms with Crippen molar-refractivity contribution in [1.82, 2.24) is 0 Å². The fourth-order valence-corrected chi connectivity index (χ4v) is 8.77. The lowest BCUT2D eigenvalue weighted by Gasteiger charge is -2.23. The zero-order valence-electron chi connectivity index (χ0n) is 27.8. The second-order valence-electron chi connectivity index (χ2n) is 14.4. The van der Waals surface area contributed by atoms with Crippen molar-refractivity contribution in [3.05, 3.63) is 179 Å². The van der Waals surface area contributed by atoms with Crippen LogP contribution in [0, 0.1) is 0 Å². The van der Waals surface area contributed by atoms with Gasteiger partial charge in [0.15, 0.2) is 0 Å². The van der Waals surface area contributed by atoms with Gasteiger partial charge in [0.25, 0.3) is 0 Å². The molecule has 0 amide bonds. The van der Waals surface area contributed by atoms with E-state index in [1.165, 1.54) is 72.3 Å². The summed E-state index contributed by atoms with van der Waals surface area (Å²) in [6.45, 7) is 4.76. The zero-order chi connectivity index (χ0) is 32.7. The molecule has 2 aliphatic rings. The van der Waals surface area contributed by atoms with Crippen molar-refractivity contribution < 1.29 is 4.42 Å². The van der Waals surface area contributed by atoms with Crippen LogP contribution in [0.25, 0.3) is 66.4 Å². The van der Waals surface area contributed by atoms with E-state index in [4.69, 9.17) is 4.42 Å². The van der Waals surface area contributed by atoms with Crippen LogP contribution in [-0.4, -0.2) is 0 Å². The molecule has 0 spiro atoms. The Labute approximate surface area is 287 Å². The molecule has 0 N–H and O–H groups in total. The van der Waals surface area contributed by atoms with E-state index in [0.29, 0.717) is 5.92 Å². The average Bonchev–Trinajstić information content (AvgIpc) is 3.56. The summed E-state index contributed by atoms with van der Waals surface area (Å²) >= 11 is 0. The first-order chi connectivity index (χ1) is 24.0. The van der Waals surface area contributed by atoms with Gasteiger partial charge < -0.3 is 4.42 Å². The number of hydrogen-bond donors (Lipinski definition) is 0. The second kappa shape index (κ2) is 10.7. The number of hydrogen-bond acceptors (Lipinski definition) is 1. The van der Waals surface area contributed by atoms with Crippen molar-refractivity contribution in [3.63, 3.8) is 0 Å². The largest absolute Gasteiger partial charge is 0.456 e. The monoisotopic (exact) mass is 628 g/mol. The molecule has 0 fully saturated rings. The first-order valence-electron chi connectivity index (χ1n) is 17.5. The quantitative estimate of drug-likeness (QED) is 0.190. The van der Waals surface area contributed by atoms with Crippen molar-refractivity contribution in [1.29, 1.82) is 0 Å². The summed E-state index contributed by atoms with van der Waals surface area (Å²) in [5.41, 5.74) is 19.6. The van der Waals surface area contributed by atoms with Crippen LogP contribution in [0.4, 0.5) is 0 Å². The molecule has 1 atom stereocenters. The van der Waals surface area contributed by atoms with Gasteiger partial charge in [-0.2, -0.15) is 0 Å². The van der Waals surface area contributed by atoms with Crippen LogP contribution >= 0.6 is 0 Å². The molecule has 49 heavy (non-hydrogen) atoms. The fraction of sp³-hybridized carbons (Fsp3) is 0.125. The molecule has 8 aromatic rings. The standard InChI is InChI=1S/C48H36O/c1-48(2)44-13-7-5-11-39(44)42-28-35-23-25-36(37-9-3-4-10-38(37)41(35)29-45(42)48)33-21-19-31(20-22-33)30-15-17-32(18-16-30)34-24-26-47-43(27-34)40-12-6-8-14-46(40)49-47/h3-22,24,26-29,36H,23,25H2,1-2H3. The molecule has 1 aromatic heterocycles. The molecule has 7 aromatic carbocycles. The lowest BCUT2D eigenvalue weighted by atomic mass is 9.80. The Morgan fingerprint density at radius 3 is 1.94 bits per heavy atom. The lowest BCUT2D eigenvalue weighted by molar-refractivity contribution is 0.660. The van der Waals surface area contributed by atoms with E-state index in [1.807, 2.05) is 12.1 Å². The molecule has 0 saturated carbocycles. The predicted octanol–water partition coefficient (Wildman–Crippen LogP) is 13.0. The number of benzene rings is 7. The molecule has 0 radical (unpaired) electrons. The Morgan fingerprint density at radius 1 is 0.490 bits per heavy atom. The van der Waals surface area contributed by atoms with Gasteiger partial charge in [0.05, 0.1) is 0 Å². The molecule has 1 unspecified atom stereocenters. The van der Waals surface area contributed by atoms with Gasteiger partial charge in [-0.15, -0.1) is 0 Å². The minimum absolute atomic E-state index is 0.00204. The molecular weight excluding hydrogens is 593 g/mol. The Kier molecular flexibility index (Phi) is 6.18. The maximum Gasteiger partial charge on any atom is 0.135 e. The highest BCUT2D eigenvalue weighted by atomic mass is 16.3. The summed E-state index contributed by atoms with van der Waals surface area (Å²) in [5, 5.41) is 2.32. The van der Waals surface area contributed by atoms with Gasteiger partial charge in [0.2, 0.25) is 0 Å². The number of furan rings is 1. The zero-order valence-corrected chi connectivity index (χ0v) is 27.8. The van der Waals surface area contributed by atoms with Crippen LogP contribution in [0.1, 0.15) is 54.0 Å². The highest BCUT2D eigenvalue weighted by molar-refractivity contribution is 6.06. The summed E-state index contributed by atoms with van der Waals surface area (Å²) in [7, 11) is 0. The van der Waals surface area contributed by atoms with Gasteiger partial charge >= 0.3 is 0 Å². The van der Waals surface area contributed by atoms with Crippen molar-refractivity contribution in [2.24, 2.45) is 0 Å². The first kappa shape index (κ1) is 28.4. The molecule has 0 saturated heterocycles. The van der Waals surface area contributed by atoms with Crippen LogP contribution in [0.3, 0.4) is 0 Å². The number of para-hydroxylation sites is 1. The van der Waals surface area contributed by atoms with Crippen LogP contribution in [0.2, 0.25) is 0 Å². The first-order valence-corrected chi connectivity index (χ1v) is 17.5. The van der Waals surface area contributed by atoms with Gasteiger partial charge in [0, 0.05) is 22.1 Å². The van der Waals surface area contributed by atoms with Crippen molar-refractivity contribution in [3.8, 4) is 44.5 Å². The van der Waals surface area contributed by atoms with E-state index in [1.54, 1.807) is 0 Å². The molecule has 1 nitrogen and oxygen atoms in total. The van der Waals surface area contributed by atoms with Gasteiger partial charge in [-0.05, 0) is 109 Å². The number of rotatable bonds is 3. The molecular formula is C48H36O. The maximum absolute atomic E-state index is 6.05. The molecule has 10 rings (SSSR count). The normalized spacial score (nSPS) is 15.8. The minimum atomic E-state index is -0.00204. The average molecular weight is 629 g/mol. The van der Waals surface area contributed by atoms with Crippen LogP contribution in [-0.2, 0) is 11.8 Å². The number of fused-ring (bicyclic) bond motifs is 9. The summed E-state index contributed by atoms with van der Waals surface area (Å²) in [6, 6.07) is 56.2. The van der Waals surface area contributed by atoms with Gasteiger partial charge in [0.1, 0.15) is 11.2 Å². The Balaban J connectivity index is 0.956. The third-order valence-electron chi connectivity index (χ3n) is 11.4. The third kappa shape index (κ3) is 4.39. The molecule has 2 aliphatic carbocycles. The summed E-state index contributed by atoms with van der Waals surface area (Å²) < 4.78 is 6.05. The van der Waals surface area contributed by atoms with Crippen LogP contribution in [0.15, 0.2) is 156 Å². The SMILES string of the molecule is CC1(C)c2ccccc2-c2cc3c(cc21)-c1ccccc1C(c1ccc(-c2ccc(-c4ccc5oc6ccccc6c5c4)cc2)cc1)CC3. The van der Waals surface area contributed by atoms with Crippen molar-refractivity contribution >= 4 is 21.9 Å². The third-order valence-corrected chi connectivity index (χ3v) is 11.4. The Bertz CT molecular complexity index is 2560. The van der Waals surface area contributed by atoms with Crippen molar-refractivity contribution in [2.45, 2.75) is 38.0 Å². The van der Waals surface area contributed by atoms with E-state index in [-0.39, 0.29) is 5.41 Å². The fourth-order valence-electron chi connectivity index (χ4n) is 8.77. The van der Waals surface area contributed by atoms with Gasteiger partial charge in [-0.25, -0.2) is 0 Å². The summed E-state index contributed by atoms with van der Waals surface area (Å²) in [6.07, 6.45) is 2.16. The van der Waals surface area contributed by atoms with Gasteiger partial charge in [-0.3, -0.25) is 0 Å². The highest BCUT2D eigenvalue weighted by Gasteiger charge is 2.37. The molecule has 0 bridgehead atoms. The predicted molar refractivity (Wildman–Crippen MR) is 204 cm³/mol. The van der Waals surface area contributed by atoms with Gasteiger partial charge in [-0.1, -0.05) is 141 Å². The van der Waals surface area contributed by atoms with E-state index >= 15 is 0 Å². The summed E-state index contributed by atoms with van der Waals surface area (Å²) in [4.78, 5) is 0. The van der Waals surface area contributed by atoms with Crippen LogP contribution < -0.4 is 0 Å². The Morgan fingerprint density at radius 2 is 1.12 bits per heavy atom.